The highest BCUT2D eigenvalue weighted by Crippen LogP contribution is 2.11. The Morgan fingerprint density at radius 3 is 1.47 bits per heavy atom. The monoisotopic (exact) mass is 293 g/mol. The lowest BCUT2D eigenvalue weighted by Gasteiger charge is -2.32. The van der Waals surface area contributed by atoms with Gasteiger partial charge in [-0.3, -0.25) is 0 Å². The first kappa shape index (κ1) is 21.5. The number of rotatable bonds is 13. The molecule has 0 spiro atoms. The van der Waals surface area contributed by atoms with E-state index in [9.17, 15) is 5.11 Å². The second-order valence-electron chi connectivity index (χ2n) is 6.04. The van der Waals surface area contributed by atoms with Crippen molar-refractivity contribution in [3.8, 4) is 0 Å². The molecule has 0 fully saturated rings. The molecule has 0 aromatic carbocycles. The zero-order chi connectivity index (χ0) is 13.7. The number of nitrogens with zero attached hydrogens (tertiary/aromatic N) is 1. The summed E-state index contributed by atoms with van der Waals surface area (Å²) in [5, 5.41) is 9.55. The zero-order valence-corrected chi connectivity index (χ0v) is 14.2. The van der Waals surface area contributed by atoms with Crippen molar-refractivity contribution in [2.24, 2.45) is 0 Å². The first-order valence-corrected chi connectivity index (χ1v) is 8.13. The van der Waals surface area contributed by atoms with Crippen LogP contribution in [0.3, 0.4) is 0 Å². The zero-order valence-electron chi connectivity index (χ0n) is 13.5. The van der Waals surface area contributed by atoms with Crippen LogP contribution >= 0.6 is 0 Å². The summed E-state index contributed by atoms with van der Waals surface area (Å²) in [6.45, 7) is 7.10. The van der Waals surface area contributed by atoms with Crippen molar-refractivity contribution in [1.29, 1.82) is 0 Å². The minimum atomic E-state index is 0. The molecule has 0 amide bonds. The number of hydrogen-bond donors (Lipinski definition) is 1. The Labute approximate surface area is 127 Å². The van der Waals surface area contributed by atoms with Crippen LogP contribution in [0, 0.1) is 0 Å². The van der Waals surface area contributed by atoms with Gasteiger partial charge in [-0.2, -0.15) is 0 Å². The van der Waals surface area contributed by atoms with Crippen LogP contribution in [-0.4, -0.2) is 36.5 Å². The average Bonchev–Trinajstić information content (AvgIpc) is 2.39. The highest BCUT2D eigenvalue weighted by atomic mass is 35.5. The molecular weight excluding hydrogens is 258 g/mol. The lowest BCUT2D eigenvalue weighted by Crippen LogP contribution is -3.00. The number of aliphatic hydroxyl groups is 1. The molecule has 0 saturated heterocycles. The van der Waals surface area contributed by atoms with E-state index < -0.39 is 0 Å². The molecule has 0 aliphatic rings. The molecule has 0 aromatic heterocycles. The van der Waals surface area contributed by atoms with Crippen molar-refractivity contribution >= 4 is 0 Å². The van der Waals surface area contributed by atoms with E-state index in [0.717, 1.165) is 17.6 Å². The van der Waals surface area contributed by atoms with E-state index in [4.69, 9.17) is 0 Å². The van der Waals surface area contributed by atoms with Gasteiger partial charge in [0.05, 0.1) is 20.1 Å². The Hall–Kier alpha value is 0.210. The normalized spacial score (nSPS) is 13.9. The van der Waals surface area contributed by atoms with Crippen LogP contribution in [0.5, 0.6) is 0 Å². The highest BCUT2D eigenvalue weighted by Gasteiger charge is 2.18. The van der Waals surface area contributed by atoms with Gasteiger partial charge in [-0.15, -0.1) is 0 Å². The molecule has 0 aromatic rings. The molecule has 1 atom stereocenters. The molecule has 2 nitrogen and oxygen atoms in total. The SMILES string of the molecule is CCCCCCCC[N+](C)(CO)CCCCCC.[Cl-]. The molecule has 0 radical (unpaired) electrons. The van der Waals surface area contributed by atoms with Gasteiger partial charge >= 0.3 is 0 Å². The van der Waals surface area contributed by atoms with E-state index >= 15 is 0 Å². The molecule has 1 N–H and O–H groups in total. The van der Waals surface area contributed by atoms with Crippen molar-refractivity contribution in [2.45, 2.75) is 78.1 Å². The maximum absolute atomic E-state index is 9.55. The standard InChI is InChI=1S/C16H36NO.ClH/c1-4-6-8-10-11-13-15-17(3,16-18)14-12-9-7-5-2;/h18H,4-16H2,1-3H3;1H/q+1;/p-1. The van der Waals surface area contributed by atoms with Crippen LogP contribution in [0.2, 0.25) is 0 Å². The van der Waals surface area contributed by atoms with Gasteiger partial charge in [0.2, 0.25) is 0 Å². The van der Waals surface area contributed by atoms with Crippen molar-refractivity contribution in [3.05, 3.63) is 0 Å². The molecule has 3 heteroatoms. The lowest BCUT2D eigenvalue weighted by molar-refractivity contribution is -0.927. The number of unbranched alkanes of at least 4 members (excludes halogenated alkanes) is 8. The van der Waals surface area contributed by atoms with Gasteiger partial charge in [0.1, 0.15) is 0 Å². The Balaban J connectivity index is 0. The molecule has 0 aliphatic heterocycles. The molecule has 0 aliphatic carbocycles. The van der Waals surface area contributed by atoms with Gasteiger partial charge in [0, 0.05) is 0 Å². The summed E-state index contributed by atoms with van der Waals surface area (Å²) in [6.07, 6.45) is 13.3. The Kier molecular flexibility index (Phi) is 16.5. The van der Waals surface area contributed by atoms with Crippen molar-refractivity contribution < 1.29 is 22.0 Å². The van der Waals surface area contributed by atoms with Crippen LogP contribution < -0.4 is 12.4 Å². The van der Waals surface area contributed by atoms with Crippen LogP contribution in [0.4, 0.5) is 0 Å². The van der Waals surface area contributed by atoms with E-state index in [0.29, 0.717) is 6.73 Å². The molecule has 0 rings (SSSR count). The Morgan fingerprint density at radius 1 is 0.684 bits per heavy atom. The summed E-state index contributed by atoms with van der Waals surface area (Å²) in [7, 11) is 2.21. The number of hydrogen-bond acceptors (Lipinski definition) is 1. The summed E-state index contributed by atoms with van der Waals surface area (Å²) < 4.78 is 0.859. The number of aliphatic hydroxyl groups excluding tert-OH is 1. The number of quaternary nitrogens is 1. The van der Waals surface area contributed by atoms with Gasteiger partial charge in [-0.25, -0.2) is 0 Å². The number of halogens is 1. The van der Waals surface area contributed by atoms with E-state index in [1.807, 2.05) is 0 Å². The van der Waals surface area contributed by atoms with Gasteiger partial charge in [0.15, 0.2) is 6.73 Å². The van der Waals surface area contributed by atoms with Crippen LogP contribution in [0.25, 0.3) is 0 Å². The summed E-state index contributed by atoms with van der Waals surface area (Å²) in [5.41, 5.74) is 0. The molecule has 118 valence electrons. The minimum absolute atomic E-state index is 0. The first-order chi connectivity index (χ1) is 8.68. The topological polar surface area (TPSA) is 20.2 Å². The second kappa shape index (κ2) is 14.6. The van der Waals surface area contributed by atoms with Crippen LogP contribution in [0.1, 0.15) is 78.1 Å². The average molecular weight is 294 g/mol. The van der Waals surface area contributed by atoms with E-state index in [1.165, 1.54) is 64.2 Å². The molecule has 0 heterocycles. The minimum Gasteiger partial charge on any atom is -1.00 e. The van der Waals surface area contributed by atoms with Gasteiger partial charge in [0.25, 0.3) is 0 Å². The summed E-state index contributed by atoms with van der Waals surface area (Å²) in [4.78, 5) is 0. The second-order valence-corrected chi connectivity index (χ2v) is 6.04. The van der Waals surface area contributed by atoms with E-state index in [-0.39, 0.29) is 12.4 Å². The van der Waals surface area contributed by atoms with E-state index in [2.05, 4.69) is 20.9 Å². The smallest absolute Gasteiger partial charge is 0.180 e. The molecule has 19 heavy (non-hydrogen) atoms. The van der Waals surface area contributed by atoms with Crippen molar-refractivity contribution in [3.63, 3.8) is 0 Å². The van der Waals surface area contributed by atoms with Gasteiger partial charge < -0.3 is 22.0 Å². The fourth-order valence-electron chi connectivity index (χ4n) is 2.45. The third kappa shape index (κ3) is 13.0. The van der Waals surface area contributed by atoms with Crippen molar-refractivity contribution in [1.82, 2.24) is 0 Å². The predicted molar refractivity (Wildman–Crippen MR) is 80.5 cm³/mol. The fourth-order valence-corrected chi connectivity index (χ4v) is 2.45. The quantitative estimate of drug-likeness (QED) is 0.309. The van der Waals surface area contributed by atoms with Crippen LogP contribution in [0.15, 0.2) is 0 Å². The predicted octanol–water partition coefficient (Wildman–Crippen LogP) is 1.33. The summed E-state index contributed by atoms with van der Waals surface area (Å²) in [5.74, 6) is 0. The molecular formula is C16H36ClNO. The van der Waals surface area contributed by atoms with Crippen molar-refractivity contribution in [2.75, 3.05) is 26.9 Å². The largest absolute Gasteiger partial charge is 1.00 e. The Morgan fingerprint density at radius 2 is 1.05 bits per heavy atom. The molecule has 0 saturated carbocycles. The lowest BCUT2D eigenvalue weighted by atomic mass is 10.1. The van der Waals surface area contributed by atoms with Gasteiger partial charge in [-0.1, -0.05) is 52.4 Å². The maximum atomic E-state index is 9.55. The summed E-state index contributed by atoms with van der Waals surface area (Å²) in [6, 6.07) is 0. The maximum Gasteiger partial charge on any atom is 0.180 e. The van der Waals surface area contributed by atoms with Gasteiger partial charge in [-0.05, 0) is 25.7 Å². The van der Waals surface area contributed by atoms with E-state index in [1.54, 1.807) is 0 Å². The molecule has 0 bridgehead atoms. The highest BCUT2D eigenvalue weighted by molar-refractivity contribution is 4.46. The third-order valence-corrected chi connectivity index (χ3v) is 3.94. The molecule has 1 unspecified atom stereocenters. The van der Waals surface area contributed by atoms with Crippen LogP contribution in [-0.2, 0) is 0 Å². The third-order valence-electron chi connectivity index (χ3n) is 3.94. The fraction of sp³-hybridized carbons (Fsp3) is 1.00. The summed E-state index contributed by atoms with van der Waals surface area (Å²) >= 11 is 0. The Bertz CT molecular complexity index is 178. The first-order valence-electron chi connectivity index (χ1n) is 8.13.